The Morgan fingerprint density at radius 1 is 0.360 bits per heavy atom. The van der Waals surface area contributed by atoms with Gasteiger partial charge in [-0.05, 0) is 51.4 Å². The quantitative estimate of drug-likeness (QED) is 0.0320. The third kappa shape index (κ3) is 61.7. The lowest BCUT2D eigenvalue weighted by Gasteiger charge is -2.22. The van der Waals surface area contributed by atoms with Gasteiger partial charge in [0.15, 0.2) is 0 Å². The number of carbonyl (C=O) groups excluding carboxylic acids is 2. The molecule has 0 spiro atoms. The van der Waals surface area contributed by atoms with Gasteiger partial charge in [0.25, 0.3) is 0 Å². The van der Waals surface area contributed by atoms with Crippen molar-refractivity contribution in [3.8, 4) is 0 Å². The molecule has 0 aromatic carbocycles. The van der Waals surface area contributed by atoms with Crippen LogP contribution in [-0.2, 0) is 14.3 Å². The van der Waals surface area contributed by atoms with Gasteiger partial charge < -0.3 is 20.3 Å². The van der Waals surface area contributed by atoms with E-state index in [9.17, 15) is 19.8 Å². The SMILES string of the molecule is CCCCCC/C=C\CCCCCCCC(=O)OCCCCCCCCCCCCCCCCCCCCCCCCCCCC(=O)NC(CO)C(O)CCCCCCCCCCCCCCCCCCCCCC. The Morgan fingerprint density at radius 3 is 0.960 bits per heavy atom. The minimum atomic E-state index is -0.663. The Bertz CT molecular complexity index is 1130. The molecule has 0 heterocycles. The molecule has 6 nitrogen and oxygen atoms in total. The zero-order valence-electron chi connectivity index (χ0n) is 51.1. The zero-order valence-corrected chi connectivity index (χ0v) is 51.1. The predicted octanol–water partition coefficient (Wildman–Crippen LogP) is 22.0. The van der Waals surface area contributed by atoms with Gasteiger partial charge in [-0.15, -0.1) is 0 Å². The first-order chi connectivity index (χ1) is 37.0. The average molecular weight is 1060 g/mol. The van der Waals surface area contributed by atoms with E-state index in [1.807, 2.05) is 0 Å². The summed E-state index contributed by atoms with van der Waals surface area (Å²) in [5.41, 5.74) is 0. The van der Waals surface area contributed by atoms with Crippen molar-refractivity contribution in [2.75, 3.05) is 13.2 Å². The molecular formula is C69H135NO5. The van der Waals surface area contributed by atoms with Crippen LogP contribution >= 0.6 is 0 Å². The summed E-state index contributed by atoms with van der Waals surface area (Å²) in [6.07, 6.45) is 79.6. The average Bonchev–Trinajstić information content (AvgIpc) is 3.41. The lowest BCUT2D eigenvalue weighted by atomic mass is 10.0. The minimum absolute atomic E-state index is 0.00812. The van der Waals surface area contributed by atoms with Crippen molar-refractivity contribution in [2.24, 2.45) is 0 Å². The third-order valence-electron chi connectivity index (χ3n) is 16.3. The van der Waals surface area contributed by atoms with Gasteiger partial charge in [-0.25, -0.2) is 0 Å². The van der Waals surface area contributed by atoms with Crippen molar-refractivity contribution in [3.63, 3.8) is 0 Å². The molecule has 2 atom stereocenters. The summed E-state index contributed by atoms with van der Waals surface area (Å²) in [5, 5.41) is 23.4. The standard InChI is InChI=1S/C69H135NO5/c1-3-5-7-9-11-13-15-17-18-19-20-28-31-34-38-41-45-49-53-57-61-67(72)66(65-71)70-68(73)62-58-54-50-46-42-39-35-32-29-26-24-22-21-23-25-27-30-33-36-40-44-48-52-56-60-64-75-69(74)63-59-55-51-47-43-37-16-14-12-10-8-6-4-2/h14,16,66-67,71-72H,3-13,15,17-65H2,1-2H3,(H,70,73)/b16-14-. The zero-order chi connectivity index (χ0) is 54.3. The maximum Gasteiger partial charge on any atom is 0.305 e. The summed E-state index contributed by atoms with van der Waals surface area (Å²) in [7, 11) is 0. The van der Waals surface area contributed by atoms with Crippen LogP contribution in [0.15, 0.2) is 12.2 Å². The molecule has 75 heavy (non-hydrogen) atoms. The van der Waals surface area contributed by atoms with E-state index in [1.54, 1.807) is 0 Å². The first-order valence-electron chi connectivity index (χ1n) is 34.4. The van der Waals surface area contributed by atoms with E-state index in [0.29, 0.717) is 25.9 Å². The van der Waals surface area contributed by atoms with Crippen LogP contribution in [0, 0.1) is 0 Å². The Morgan fingerprint density at radius 2 is 0.627 bits per heavy atom. The van der Waals surface area contributed by atoms with E-state index in [-0.39, 0.29) is 18.5 Å². The molecule has 446 valence electrons. The number of ether oxygens (including phenoxy) is 1. The molecule has 1 amide bonds. The summed E-state index contributed by atoms with van der Waals surface area (Å²) in [6, 6.07) is -0.540. The molecule has 0 aliphatic heterocycles. The van der Waals surface area contributed by atoms with Gasteiger partial charge in [0, 0.05) is 12.8 Å². The van der Waals surface area contributed by atoms with Crippen LogP contribution in [-0.4, -0.2) is 47.4 Å². The second-order valence-corrected chi connectivity index (χ2v) is 23.9. The van der Waals surface area contributed by atoms with Crippen LogP contribution in [0.5, 0.6) is 0 Å². The van der Waals surface area contributed by atoms with Crippen molar-refractivity contribution in [1.29, 1.82) is 0 Å². The number of aliphatic hydroxyl groups excluding tert-OH is 2. The topological polar surface area (TPSA) is 95.9 Å². The van der Waals surface area contributed by atoms with Gasteiger partial charge in [-0.3, -0.25) is 9.59 Å². The van der Waals surface area contributed by atoms with Gasteiger partial charge >= 0.3 is 5.97 Å². The molecule has 0 fully saturated rings. The van der Waals surface area contributed by atoms with E-state index < -0.39 is 12.1 Å². The second kappa shape index (κ2) is 65.1. The number of allylic oxidation sites excluding steroid dienone is 2. The van der Waals surface area contributed by atoms with E-state index in [1.165, 1.54) is 315 Å². The highest BCUT2D eigenvalue weighted by Gasteiger charge is 2.20. The maximum absolute atomic E-state index is 12.5. The minimum Gasteiger partial charge on any atom is -0.466 e. The largest absolute Gasteiger partial charge is 0.466 e. The lowest BCUT2D eigenvalue weighted by molar-refractivity contribution is -0.143. The maximum atomic E-state index is 12.5. The molecule has 0 aliphatic carbocycles. The van der Waals surface area contributed by atoms with Crippen molar-refractivity contribution in [2.45, 2.75) is 405 Å². The number of unbranched alkanes of at least 4 members (excludes halogenated alkanes) is 52. The van der Waals surface area contributed by atoms with Crippen LogP contribution in [0.4, 0.5) is 0 Å². The van der Waals surface area contributed by atoms with Gasteiger partial charge in [0.05, 0.1) is 25.4 Å². The normalized spacial score (nSPS) is 12.5. The van der Waals surface area contributed by atoms with E-state index in [4.69, 9.17) is 4.74 Å². The summed E-state index contributed by atoms with van der Waals surface area (Å²) in [4.78, 5) is 24.6. The van der Waals surface area contributed by atoms with Crippen molar-refractivity contribution >= 4 is 11.9 Å². The van der Waals surface area contributed by atoms with E-state index >= 15 is 0 Å². The molecule has 2 unspecified atom stereocenters. The molecule has 0 radical (unpaired) electrons. The summed E-state index contributed by atoms with van der Waals surface area (Å²) in [5.74, 6) is -0.0206. The van der Waals surface area contributed by atoms with Crippen LogP contribution in [0.1, 0.15) is 393 Å². The molecule has 0 rings (SSSR count). The Kier molecular flexibility index (Phi) is 63.9. The predicted molar refractivity (Wildman–Crippen MR) is 329 cm³/mol. The molecule has 3 N–H and O–H groups in total. The van der Waals surface area contributed by atoms with Crippen LogP contribution < -0.4 is 5.32 Å². The van der Waals surface area contributed by atoms with Crippen molar-refractivity contribution < 1.29 is 24.5 Å². The number of amides is 1. The highest BCUT2D eigenvalue weighted by atomic mass is 16.5. The van der Waals surface area contributed by atoms with E-state index in [2.05, 4.69) is 31.3 Å². The number of rotatable bonds is 65. The summed E-state index contributed by atoms with van der Waals surface area (Å²) in [6.45, 7) is 4.98. The Labute approximate surface area is 469 Å². The monoisotopic (exact) mass is 1060 g/mol. The fourth-order valence-electron chi connectivity index (χ4n) is 11.1. The summed E-state index contributed by atoms with van der Waals surface area (Å²) < 4.78 is 5.48. The molecule has 0 aliphatic rings. The lowest BCUT2D eigenvalue weighted by Crippen LogP contribution is -2.45. The fraction of sp³-hybridized carbons (Fsp3) is 0.942. The molecular weight excluding hydrogens is 923 g/mol. The molecule has 0 aromatic rings. The van der Waals surface area contributed by atoms with Crippen molar-refractivity contribution in [1.82, 2.24) is 5.32 Å². The number of carbonyl (C=O) groups is 2. The van der Waals surface area contributed by atoms with Crippen LogP contribution in [0.25, 0.3) is 0 Å². The number of hydrogen-bond acceptors (Lipinski definition) is 5. The number of aliphatic hydroxyl groups is 2. The van der Waals surface area contributed by atoms with Gasteiger partial charge in [-0.1, -0.05) is 341 Å². The fourth-order valence-corrected chi connectivity index (χ4v) is 11.1. The number of nitrogens with one attached hydrogen (secondary N) is 1. The first-order valence-corrected chi connectivity index (χ1v) is 34.4. The molecule has 6 heteroatoms. The highest BCUT2D eigenvalue weighted by molar-refractivity contribution is 5.76. The Balaban J connectivity index is 3.36. The van der Waals surface area contributed by atoms with E-state index in [0.717, 1.165) is 44.9 Å². The van der Waals surface area contributed by atoms with Gasteiger partial charge in [0.1, 0.15) is 0 Å². The number of hydrogen-bond donors (Lipinski definition) is 3. The smallest absolute Gasteiger partial charge is 0.305 e. The summed E-state index contributed by atoms with van der Waals surface area (Å²) >= 11 is 0. The van der Waals surface area contributed by atoms with Crippen LogP contribution in [0.3, 0.4) is 0 Å². The highest BCUT2D eigenvalue weighted by Crippen LogP contribution is 2.19. The van der Waals surface area contributed by atoms with Gasteiger partial charge in [0.2, 0.25) is 5.91 Å². The van der Waals surface area contributed by atoms with Crippen molar-refractivity contribution in [3.05, 3.63) is 12.2 Å². The third-order valence-corrected chi connectivity index (χ3v) is 16.3. The molecule has 0 saturated carbocycles. The molecule has 0 aromatic heterocycles. The number of esters is 1. The second-order valence-electron chi connectivity index (χ2n) is 23.9. The Hall–Kier alpha value is -1.40. The van der Waals surface area contributed by atoms with Gasteiger partial charge in [-0.2, -0.15) is 0 Å². The van der Waals surface area contributed by atoms with Crippen LogP contribution in [0.2, 0.25) is 0 Å². The first kappa shape index (κ1) is 73.6. The molecule has 0 saturated heterocycles. The molecule has 0 bridgehead atoms.